The van der Waals surface area contributed by atoms with Gasteiger partial charge < -0.3 is 10.1 Å². The number of hydrogen-bond acceptors (Lipinski definition) is 2. The second kappa shape index (κ2) is 9.33. The van der Waals surface area contributed by atoms with Crippen LogP contribution < -0.4 is 10.1 Å². The number of benzene rings is 2. The van der Waals surface area contributed by atoms with E-state index in [-0.39, 0.29) is 11.9 Å². The first-order valence-corrected chi connectivity index (χ1v) is 8.73. The van der Waals surface area contributed by atoms with Crippen LogP contribution in [0.2, 0.25) is 5.02 Å². The summed E-state index contributed by atoms with van der Waals surface area (Å²) in [6.07, 6.45) is 1.87. The van der Waals surface area contributed by atoms with Gasteiger partial charge in [0.05, 0.1) is 5.02 Å². The number of amides is 1. The molecule has 1 amide bonds. The van der Waals surface area contributed by atoms with E-state index in [2.05, 4.69) is 17.4 Å². The lowest BCUT2D eigenvalue weighted by molar-refractivity contribution is -0.128. The predicted molar refractivity (Wildman–Crippen MR) is 98.5 cm³/mol. The largest absolute Gasteiger partial charge is 0.479 e. The molecule has 3 nitrogen and oxygen atoms in total. The lowest BCUT2D eigenvalue weighted by Crippen LogP contribution is -2.42. The quantitative estimate of drug-likeness (QED) is 0.757. The van der Waals surface area contributed by atoms with Gasteiger partial charge in [-0.15, -0.1) is 0 Å². The third kappa shape index (κ3) is 5.57. The van der Waals surface area contributed by atoms with E-state index in [1.54, 1.807) is 12.1 Å². The zero-order valence-corrected chi connectivity index (χ0v) is 14.9. The van der Waals surface area contributed by atoms with Crippen LogP contribution in [-0.2, 0) is 11.2 Å². The molecule has 2 rings (SSSR count). The molecule has 0 bridgehead atoms. The van der Waals surface area contributed by atoms with Gasteiger partial charge in [0, 0.05) is 6.04 Å². The van der Waals surface area contributed by atoms with Crippen LogP contribution in [0.25, 0.3) is 0 Å². The fourth-order valence-electron chi connectivity index (χ4n) is 2.45. The van der Waals surface area contributed by atoms with Crippen LogP contribution in [0, 0.1) is 0 Å². The van der Waals surface area contributed by atoms with Gasteiger partial charge in [0.25, 0.3) is 5.91 Å². The maximum atomic E-state index is 12.4. The SMILES string of the molecule is CC[C@@H](Oc1ccccc1Cl)C(=O)N[C@@H](C)CCc1ccccc1. The summed E-state index contributed by atoms with van der Waals surface area (Å²) in [5, 5.41) is 3.55. The third-order valence-electron chi connectivity index (χ3n) is 3.87. The van der Waals surface area contributed by atoms with Gasteiger partial charge >= 0.3 is 0 Å². The highest BCUT2D eigenvalue weighted by atomic mass is 35.5. The molecule has 2 atom stereocenters. The van der Waals surface area contributed by atoms with Crippen molar-refractivity contribution in [3.05, 3.63) is 65.2 Å². The molecule has 0 unspecified atom stereocenters. The summed E-state index contributed by atoms with van der Waals surface area (Å²) in [5.74, 6) is 0.441. The summed E-state index contributed by atoms with van der Waals surface area (Å²) < 4.78 is 5.78. The van der Waals surface area contributed by atoms with Crippen molar-refractivity contribution in [3.8, 4) is 5.75 Å². The van der Waals surface area contributed by atoms with Gasteiger partial charge in [0.15, 0.2) is 6.10 Å². The maximum Gasteiger partial charge on any atom is 0.261 e. The van der Waals surface area contributed by atoms with Crippen molar-refractivity contribution in [3.63, 3.8) is 0 Å². The summed E-state index contributed by atoms with van der Waals surface area (Å²) >= 11 is 6.10. The minimum Gasteiger partial charge on any atom is -0.479 e. The van der Waals surface area contributed by atoms with Crippen molar-refractivity contribution >= 4 is 17.5 Å². The Kier molecular flexibility index (Phi) is 7.13. The summed E-state index contributed by atoms with van der Waals surface area (Å²) in [7, 11) is 0. The van der Waals surface area contributed by atoms with Gasteiger partial charge in [-0.1, -0.05) is 61.0 Å². The zero-order valence-electron chi connectivity index (χ0n) is 14.2. The van der Waals surface area contributed by atoms with E-state index < -0.39 is 6.10 Å². The molecule has 0 saturated heterocycles. The topological polar surface area (TPSA) is 38.3 Å². The Morgan fingerprint density at radius 3 is 2.46 bits per heavy atom. The van der Waals surface area contributed by atoms with Gasteiger partial charge in [0.1, 0.15) is 5.75 Å². The van der Waals surface area contributed by atoms with Gasteiger partial charge in [-0.25, -0.2) is 0 Å². The Labute approximate surface area is 149 Å². The fraction of sp³-hybridized carbons (Fsp3) is 0.350. The van der Waals surface area contributed by atoms with Crippen LogP contribution in [0.5, 0.6) is 5.75 Å². The van der Waals surface area contributed by atoms with Gasteiger partial charge in [-0.05, 0) is 43.9 Å². The van der Waals surface area contributed by atoms with Crippen molar-refractivity contribution in [2.75, 3.05) is 0 Å². The molecule has 24 heavy (non-hydrogen) atoms. The summed E-state index contributed by atoms with van der Waals surface area (Å²) in [6.45, 7) is 3.94. The van der Waals surface area contributed by atoms with Crippen LogP contribution in [-0.4, -0.2) is 18.1 Å². The van der Waals surface area contributed by atoms with E-state index in [1.165, 1.54) is 5.56 Å². The second-order valence-electron chi connectivity index (χ2n) is 5.88. The molecule has 128 valence electrons. The molecule has 0 saturated carbocycles. The normalized spacial score (nSPS) is 13.1. The Balaban J connectivity index is 1.85. The molecule has 0 aromatic heterocycles. The number of hydrogen-bond donors (Lipinski definition) is 1. The molecule has 0 aliphatic carbocycles. The predicted octanol–water partition coefficient (Wildman–Crippen LogP) is 4.63. The Bertz CT molecular complexity index is 645. The molecular formula is C20H24ClNO2. The minimum atomic E-state index is -0.538. The van der Waals surface area contributed by atoms with Crippen molar-refractivity contribution in [1.29, 1.82) is 0 Å². The maximum absolute atomic E-state index is 12.4. The van der Waals surface area contributed by atoms with Crippen molar-refractivity contribution in [2.45, 2.75) is 45.3 Å². The van der Waals surface area contributed by atoms with Crippen molar-refractivity contribution in [2.24, 2.45) is 0 Å². The van der Waals surface area contributed by atoms with Gasteiger partial charge in [0.2, 0.25) is 0 Å². The van der Waals surface area contributed by atoms with Crippen molar-refractivity contribution in [1.82, 2.24) is 5.32 Å². The van der Waals surface area contributed by atoms with Gasteiger partial charge in [-0.3, -0.25) is 4.79 Å². The number of ether oxygens (including phenoxy) is 1. The van der Waals surface area contributed by atoms with Crippen molar-refractivity contribution < 1.29 is 9.53 Å². The van der Waals surface area contributed by atoms with Gasteiger partial charge in [-0.2, -0.15) is 0 Å². The average Bonchev–Trinajstić information content (AvgIpc) is 2.60. The van der Waals surface area contributed by atoms with Crippen LogP contribution in [0.4, 0.5) is 0 Å². The van der Waals surface area contributed by atoms with E-state index in [0.29, 0.717) is 17.2 Å². The Morgan fingerprint density at radius 1 is 1.12 bits per heavy atom. The molecule has 0 heterocycles. The minimum absolute atomic E-state index is 0.0848. The molecule has 0 spiro atoms. The highest BCUT2D eigenvalue weighted by Crippen LogP contribution is 2.24. The number of rotatable bonds is 8. The number of para-hydroxylation sites is 1. The smallest absolute Gasteiger partial charge is 0.261 e. The molecule has 1 N–H and O–H groups in total. The fourth-order valence-corrected chi connectivity index (χ4v) is 2.63. The van der Waals surface area contributed by atoms with Crippen LogP contribution in [0.1, 0.15) is 32.3 Å². The zero-order chi connectivity index (χ0) is 17.4. The number of carbonyl (C=O) groups is 1. The molecule has 4 heteroatoms. The lowest BCUT2D eigenvalue weighted by atomic mass is 10.1. The first-order chi connectivity index (χ1) is 11.6. The molecule has 0 aliphatic heterocycles. The Morgan fingerprint density at radius 2 is 1.79 bits per heavy atom. The summed E-state index contributed by atoms with van der Waals surface area (Å²) in [5.41, 5.74) is 1.28. The highest BCUT2D eigenvalue weighted by molar-refractivity contribution is 6.32. The monoisotopic (exact) mass is 345 g/mol. The average molecular weight is 346 g/mol. The van der Waals surface area contributed by atoms with E-state index in [0.717, 1.165) is 12.8 Å². The molecule has 0 radical (unpaired) electrons. The van der Waals surface area contributed by atoms with E-state index >= 15 is 0 Å². The lowest BCUT2D eigenvalue weighted by Gasteiger charge is -2.21. The van der Waals surface area contributed by atoms with E-state index in [1.807, 2.05) is 44.2 Å². The number of halogens is 1. The van der Waals surface area contributed by atoms with Crippen LogP contribution >= 0.6 is 11.6 Å². The first kappa shape index (κ1) is 18.3. The second-order valence-corrected chi connectivity index (χ2v) is 6.29. The molecule has 2 aromatic carbocycles. The third-order valence-corrected chi connectivity index (χ3v) is 4.18. The number of carbonyl (C=O) groups excluding carboxylic acids is 1. The molecule has 0 fully saturated rings. The highest BCUT2D eigenvalue weighted by Gasteiger charge is 2.20. The van der Waals surface area contributed by atoms with Crippen LogP contribution in [0.15, 0.2) is 54.6 Å². The number of nitrogens with one attached hydrogen (secondary N) is 1. The Hall–Kier alpha value is -2.00. The summed E-state index contributed by atoms with van der Waals surface area (Å²) in [6, 6.07) is 17.6. The molecule has 2 aromatic rings. The first-order valence-electron chi connectivity index (χ1n) is 8.35. The number of aryl methyl sites for hydroxylation is 1. The van der Waals surface area contributed by atoms with E-state index in [9.17, 15) is 4.79 Å². The van der Waals surface area contributed by atoms with E-state index in [4.69, 9.17) is 16.3 Å². The molecule has 0 aliphatic rings. The summed E-state index contributed by atoms with van der Waals surface area (Å²) in [4.78, 5) is 12.4. The standard InChI is InChI=1S/C20H24ClNO2/c1-3-18(24-19-12-8-7-11-17(19)21)20(23)22-15(2)13-14-16-9-5-4-6-10-16/h4-12,15,18H,3,13-14H2,1-2H3,(H,22,23)/t15-,18+/m0/s1. The molecular weight excluding hydrogens is 322 g/mol. The van der Waals surface area contributed by atoms with Crippen LogP contribution in [0.3, 0.4) is 0 Å².